The van der Waals surface area contributed by atoms with E-state index in [0.717, 1.165) is 88.1 Å². The van der Waals surface area contributed by atoms with Crippen molar-refractivity contribution in [1.82, 2.24) is 18.3 Å². The molecule has 0 amide bonds. The Morgan fingerprint density at radius 2 is 0.629 bits per heavy atom. The molecule has 13 aromatic rings. The van der Waals surface area contributed by atoms with Gasteiger partial charge in [-0.05, 0) is 84.9 Å². The Kier molecular flexibility index (Phi) is 7.05. The Morgan fingerprint density at radius 3 is 1.03 bits per heavy atom. The van der Waals surface area contributed by atoms with Gasteiger partial charge in [-0.1, -0.05) is 109 Å². The summed E-state index contributed by atoms with van der Waals surface area (Å²) in [6.07, 6.45) is 0. The quantitative estimate of drug-likeness (QED) is 0.178. The minimum Gasteiger partial charge on any atom is -0.309 e. The van der Waals surface area contributed by atoms with Crippen molar-refractivity contribution in [2.24, 2.45) is 0 Å². The highest BCUT2D eigenvalue weighted by molar-refractivity contribution is 6.21. The zero-order valence-electron chi connectivity index (χ0n) is 33.2. The number of para-hydroxylation sites is 6. The van der Waals surface area contributed by atoms with Crippen molar-refractivity contribution in [3.8, 4) is 34.9 Å². The van der Waals surface area contributed by atoms with Crippen LogP contribution in [-0.4, -0.2) is 18.3 Å². The Balaban J connectivity index is 1.15. The molecule has 6 heteroatoms. The molecular weight excluding hydrogens is 757 g/mol. The lowest BCUT2D eigenvalue weighted by molar-refractivity contribution is 1.12. The number of nitriles is 2. The topological polar surface area (TPSA) is 67.3 Å². The maximum atomic E-state index is 11.0. The maximum Gasteiger partial charge on any atom is 0.103 e. The van der Waals surface area contributed by atoms with Crippen LogP contribution in [0.2, 0.25) is 0 Å². The molecule has 0 spiro atoms. The van der Waals surface area contributed by atoms with Gasteiger partial charge in [0, 0.05) is 60.2 Å². The fourth-order valence-electron chi connectivity index (χ4n) is 10.2. The minimum atomic E-state index is 0.316. The van der Waals surface area contributed by atoms with E-state index < -0.39 is 0 Å². The number of nitrogens with zero attached hydrogens (tertiary/aromatic N) is 6. The van der Waals surface area contributed by atoms with Crippen molar-refractivity contribution in [1.29, 1.82) is 10.5 Å². The van der Waals surface area contributed by atoms with Crippen molar-refractivity contribution in [3.63, 3.8) is 0 Å². The molecule has 9 aromatic carbocycles. The second kappa shape index (κ2) is 12.8. The molecule has 0 atom stereocenters. The Hall–Kier alpha value is -8.84. The van der Waals surface area contributed by atoms with Gasteiger partial charge >= 0.3 is 0 Å². The molecule has 0 aliphatic carbocycles. The Bertz CT molecular complexity index is 4110. The second-order valence-corrected chi connectivity index (χ2v) is 16.0. The summed E-state index contributed by atoms with van der Waals surface area (Å²) in [5, 5.41) is 30.9. The van der Waals surface area contributed by atoms with Gasteiger partial charge in [-0.25, -0.2) is 0 Å². The van der Waals surface area contributed by atoms with E-state index in [1.807, 2.05) is 24.3 Å². The van der Waals surface area contributed by atoms with Crippen LogP contribution in [0.15, 0.2) is 194 Å². The van der Waals surface area contributed by atoms with Crippen molar-refractivity contribution < 1.29 is 0 Å². The highest BCUT2D eigenvalue weighted by Crippen LogP contribution is 2.43. The van der Waals surface area contributed by atoms with Gasteiger partial charge in [-0.3, -0.25) is 0 Å². The highest BCUT2D eigenvalue weighted by Gasteiger charge is 2.24. The SMILES string of the molecule is N#Cc1cc(-n2c3ccccc3c3cc4c5ccccc5n(-c5ccccc5)c4cc32)cc(-n2c3ccccc3c3cc4c5ccccc5n(-c5ccccc5)c4cc32)c1C#N. The molecule has 0 saturated heterocycles. The fourth-order valence-corrected chi connectivity index (χ4v) is 10.2. The predicted octanol–water partition coefficient (Wildman–Crippen LogP) is 13.8. The summed E-state index contributed by atoms with van der Waals surface area (Å²) in [6.45, 7) is 0. The van der Waals surface area contributed by atoms with Crippen LogP contribution in [0.1, 0.15) is 11.1 Å². The first-order valence-electron chi connectivity index (χ1n) is 20.7. The summed E-state index contributed by atoms with van der Waals surface area (Å²) in [4.78, 5) is 0. The molecule has 4 aromatic heterocycles. The smallest absolute Gasteiger partial charge is 0.103 e. The molecule has 0 unspecified atom stereocenters. The van der Waals surface area contributed by atoms with Crippen LogP contribution in [-0.2, 0) is 0 Å². The number of hydrogen-bond acceptors (Lipinski definition) is 2. The third-order valence-electron chi connectivity index (χ3n) is 12.8. The van der Waals surface area contributed by atoms with E-state index in [1.165, 1.54) is 16.2 Å². The third kappa shape index (κ3) is 4.61. The van der Waals surface area contributed by atoms with E-state index in [0.29, 0.717) is 16.8 Å². The first kappa shape index (κ1) is 34.1. The minimum absolute atomic E-state index is 0.316. The number of aromatic nitrogens is 4. The Labute approximate surface area is 354 Å². The standard InChI is InChI=1S/C56H32N6/c57-33-35-27-38(61-50-25-13-9-21-41(50)45-29-43-39-19-7-11-23-48(39)59(53(43)31-55(45)61)36-15-3-1-4-16-36)28-52(47(35)34-58)62-51-26-14-10-22-42(51)46-30-44-40-20-8-12-24-49(40)60(54(44)32-56(46)62)37-17-5-2-6-18-37/h1-32H. The van der Waals surface area contributed by atoms with E-state index in [2.05, 4.69) is 200 Å². The molecule has 0 fully saturated rings. The lowest BCUT2D eigenvalue weighted by Gasteiger charge is -2.16. The number of rotatable bonds is 4. The summed E-state index contributed by atoms with van der Waals surface area (Å²) < 4.78 is 9.12. The molecule has 62 heavy (non-hydrogen) atoms. The molecule has 0 aliphatic rings. The first-order chi connectivity index (χ1) is 30.7. The van der Waals surface area contributed by atoms with Gasteiger partial charge < -0.3 is 18.3 Å². The van der Waals surface area contributed by atoms with E-state index >= 15 is 0 Å². The number of hydrogen-bond donors (Lipinski definition) is 0. The lowest BCUT2D eigenvalue weighted by atomic mass is 10.0. The Morgan fingerprint density at radius 1 is 0.274 bits per heavy atom. The molecule has 6 nitrogen and oxygen atoms in total. The van der Waals surface area contributed by atoms with Gasteiger partial charge in [0.2, 0.25) is 0 Å². The van der Waals surface area contributed by atoms with Crippen LogP contribution in [0.4, 0.5) is 0 Å². The fraction of sp³-hybridized carbons (Fsp3) is 0. The first-order valence-corrected chi connectivity index (χ1v) is 20.7. The molecule has 4 heterocycles. The van der Waals surface area contributed by atoms with Gasteiger partial charge in [0.1, 0.15) is 12.1 Å². The molecule has 0 bridgehead atoms. The summed E-state index contributed by atoms with van der Waals surface area (Å²) in [5.41, 5.74) is 12.6. The summed E-state index contributed by atoms with van der Waals surface area (Å²) >= 11 is 0. The van der Waals surface area contributed by atoms with Gasteiger partial charge in [-0.2, -0.15) is 10.5 Å². The predicted molar refractivity (Wildman–Crippen MR) is 253 cm³/mol. The largest absolute Gasteiger partial charge is 0.309 e. The molecule has 13 rings (SSSR count). The normalized spacial score (nSPS) is 11.8. The zero-order chi connectivity index (χ0) is 41.1. The summed E-state index contributed by atoms with van der Waals surface area (Å²) in [7, 11) is 0. The van der Waals surface area contributed by atoms with Crippen LogP contribution in [0.5, 0.6) is 0 Å². The molecular formula is C56H32N6. The van der Waals surface area contributed by atoms with E-state index in [1.54, 1.807) is 0 Å². The number of benzene rings is 9. The van der Waals surface area contributed by atoms with E-state index in [4.69, 9.17) is 0 Å². The average molecular weight is 789 g/mol. The van der Waals surface area contributed by atoms with Gasteiger partial charge in [0.25, 0.3) is 0 Å². The monoisotopic (exact) mass is 788 g/mol. The van der Waals surface area contributed by atoms with Gasteiger partial charge in [0.15, 0.2) is 0 Å². The van der Waals surface area contributed by atoms with Crippen LogP contribution >= 0.6 is 0 Å². The molecule has 0 radical (unpaired) electrons. The van der Waals surface area contributed by atoms with Crippen molar-refractivity contribution in [2.45, 2.75) is 0 Å². The third-order valence-corrected chi connectivity index (χ3v) is 12.8. The highest BCUT2D eigenvalue weighted by atomic mass is 15.0. The molecule has 0 N–H and O–H groups in total. The summed E-state index contributed by atoms with van der Waals surface area (Å²) in [6, 6.07) is 73.0. The maximum absolute atomic E-state index is 11.0. The van der Waals surface area contributed by atoms with Crippen LogP contribution in [0.25, 0.3) is 110 Å². The van der Waals surface area contributed by atoms with Gasteiger partial charge in [-0.15, -0.1) is 0 Å². The number of fused-ring (bicyclic) bond motifs is 12. The van der Waals surface area contributed by atoms with Crippen LogP contribution < -0.4 is 0 Å². The van der Waals surface area contributed by atoms with Crippen LogP contribution in [0, 0.1) is 22.7 Å². The van der Waals surface area contributed by atoms with Gasteiger partial charge in [0.05, 0.1) is 60.9 Å². The lowest BCUT2D eigenvalue weighted by Crippen LogP contribution is -2.04. The summed E-state index contributed by atoms with van der Waals surface area (Å²) in [5.74, 6) is 0. The molecule has 0 aliphatic heterocycles. The molecule has 286 valence electrons. The molecule has 0 saturated carbocycles. The van der Waals surface area contributed by atoms with E-state index in [9.17, 15) is 10.5 Å². The van der Waals surface area contributed by atoms with Crippen LogP contribution in [0.3, 0.4) is 0 Å². The second-order valence-electron chi connectivity index (χ2n) is 16.0. The van der Waals surface area contributed by atoms with Crippen molar-refractivity contribution in [2.75, 3.05) is 0 Å². The zero-order valence-corrected chi connectivity index (χ0v) is 33.2. The van der Waals surface area contributed by atoms with Crippen molar-refractivity contribution in [3.05, 3.63) is 205 Å². The van der Waals surface area contributed by atoms with Crippen molar-refractivity contribution >= 4 is 87.2 Å². The average Bonchev–Trinajstić information content (AvgIpc) is 4.04. The van der Waals surface area contributed by atoms with E-state index in [-0.39, 0.29) is 0 Å².